The van der Waals surface area contributed by atoms with E-state index >= 15 is 0 Å². The molecule has 3 N–H and O–H groups in total. The normalized spacial score (nSPS) is 10.5. The summed E-state index contributed by atoms with van der Waals surface area (Å²) in [4.78, 5) is 11.6. The number of carbonyl (C=O) groups excluding carboxylic acids is 1. The summed E-state index contributed by atoms with van der Waals surface area (Å²) in [6.07, 6.45) is 11.9. The Morgan fingerprint density at radius 2 is 1.38 bits per heavy atom. The fourth-order valence-electron chi connectivity index (χ4n) is 2.57. The Bertz CT molecular complexity index is 456. The lowest BCUT2D eigenvalue weighted by Gasteiger charge is -2.07. The Labute approximate surface area is 145 Å². The molecule has 0 heterocycles. The van der Waals surface area contributed by atoms with Crippen LogP contribution in [0.5, 0.6) is 17.2 Å². The number of ether oxygens (including phenoxy) is 1. The highest BCUT2D eigenvalue weighted by Gasteiger charge is 2.06. The highest BCUT2D eigenvalue weighted by molar-refractivity contribution is 5.70. The van der Waals surface area contributed by atoms with E-state index in [0.29, 0.717) is 6.54 Å². The van der Waals surface area contributed by atoms with Crippen molar-refractivity contribution < 1.29 is 19.7 Å². The van der Waals surface area contributed by atoms with Crippen LogP contribution in [-0.4, -0.2) is 22.9 Å². The molecule has 0 aliphatic rings. The van der Waals surface area contributed by atoms with Crippen molar-refractivity contribution in [3.05, 3.63) is 18.2 Å². The number of phenolic OH excluding ortho intramolecular Hbond substituents is 2. The third kappa shape index (κ3) is 9.98. The van der Waals surface area contributed by atoms with Gasteiger partial charge in [0.2, 0.25) is 0 Å². The molecular formula is C19H31NO4. The van der Waals surface area contributed by atoms with E-state index in [-0.39, 0.29) is 17.2 Å². The highest BCUT2D eigenvalue weighted by atomic mass is 16.6. The predicted molar refractivity (Wildman–Crippen MR) is 95.6 cm³/mol. The van der Waals surface area contributed by atoms with E-state index in [2.05, 4.69) is 12.2 Å². The first-order valence-electron chi connectivity index (χ1n) is 9.10. The summed E-state index contributed by atoms with van der Waals surface area (Å²) in [7, 11) is 0. The van der Waals surface area contributed by atoms with E-state index in [9.17, 15) is 15.0 Å². The van der Waals surface area contributed by atoms with E-state index in [4.69, 9.17) is 4.74 Å². The van der Waals surface area contributed by atoms with Crippen LogP contribution in [0.15, 0.2) is 18.2 Å². The predicted octanol–water partition coefficient (Wildman–Crippen LogP) is 5.11. The summed E-state index contributed by atoms with van der Waals surface area (Å²) in [6.45, 7) is 2.80. The molecule has 0 aromatic heterocycles. The minimum absolute atomic E-state index is 0.119. The fraction of sp³-hybridized carbons (Fsp3) is 0.632. The minimum Gasteiger partial charge on any atom is -0.508 e. The lowest BCUT2D eigenvalue weighted by atomic mass is 10.1. The van der Waals surface area contributed by atoms with Crippen LogP contribution in [0.3, 0.4) is 0 Å². The Morgan fingerprint density at radius 3 is 1.92 bits per heavy atom. The number of rotatable bonds is 12. The number of unbranched alkanes of at least 4 members (excludes halogenated alkanes) is 9. The largest absolute Gasteiger partial charge is 0.508 e. The minimum atomic E-state index is -0.573. The van der Waals surface area contributed by atoms with Gasteiger partial charge in [0.25, 0.3) is 0 Å². The van der Waals surface area contributed by atoms with E-state index < -0.39 is 6.09 Å². The first kappa shape index (κ1) is 20.1. The second-order valence-electron chi connectivity index (χ2n) is 6.18. The molecule has 0 aliphatic heterocycles. The van der Waals surface area contributed by atoms with Crippen molar-refractivity contribution in [2.24, 2.45) is 0 Å². The number of benzene rings is 1. The topological polar surface area (TPSA) is 78.8 Å². The van der Waals surface area contributed by atoms with Crippen LogP contribution >= 0.6 is 0 Å². The van der Waals surface area contributed by atoms with Crippen LogP contribution in [0.4, 0.5) is 4.79 Å². The van der Waals surface area contributed by atoms with Gasteiger partial charge < -0.3 is 20.3 Å². The molecule has 1 aromatic carbocycles. The summed E-state index contributed by atoms with van der Waals surface area (Å²) in [5.74, 6) is -0.173. The van der Waals surface area contributed by atoms with Crippen molar-refractivity contribution >= 4 is 6.09 Å². The third-order valence-corrected chi connectivity index (χ3v) is 3.89. The molecule has 0 saturated carbocycles. The summed E-state index contributed by atoms with van der Waals surface area (Å²) in [6, 6.07) is 3.73. The van der Waals surface area contributed by atoms with Crippen LogP contribution in [0, 0.1) is 0 Å². The molecular weight excluding hydrogens is 306 g/mol. The monoisotopic (exact) mass is 337 g/mol. The Kier molecular flexibility index (Phi) is 10.5. The number of amides is 1. The zero-order valence-corrected chi connectivity index (χ0v) is 14.7. The van der Waals surface area contributed by atoms with Crippen molar-refractivity contribution in [3.8, 4) is 17.2 Å². The first-order chi connectivity index (χ1) is 11.6. The Balaban J connectivity index is 1.98. The second-order valence-corrected chi connectivity index (χ2v) is 6.18. The van der Waals surface area contributed by atoms with Gasteiger partial charge in [0.1, 0.15) is 17.2 Å². The molecule has 1 aromatic rings. The van der Waals surface area contributed by atoms with Crippen molar-refractivity contribution in [1.82, 2.24) is 5.32 Å². The maximum atomic E-state index is 11.6. The standard InChI is InChI=1S/C19H31NO4/c1-2-3-4-5-6-7-8-9-10-11-12-20-19(23)24-18-14-16(21)13-17(22)15-18/h13-15,21-22H,2-12H2,1H3,(H,20,23). The molecule has 0 unspecified atom stereocenters. The molecule has 1 amide bonds. The lowest BCUT2D eigenvalue weighted by Crippen LogP contribution is -2.27. The van der Waals surface area contributed by atoms with Crippen molar-refractivity contribution in [3.63, 3.8) is 0 Å². The van der Waals surface area contributed by atoms with E-state index in [0.717, 1.165) is 12.8 Å². The fourth-order valence-corrected chi connectivity index (χ4v) is 2.57. The van der Waals surface area contributed by atoms with Gasteiger partial charge in [-0.3, -0.25) is 0 Å². The number of hydrogen-bond donors (Lipinski definition) is 3. The molecule has 136 valence electrons. The molecule has 0 aliphatic carbocycles. The van der Waals surface area contributed by atoms with Crippen molar-refractivity contribution in [2.75, 3.05) is 6.54 Å². The zero-order chi connectivity index (χ0) is 17.6. The lowest BCUT2D eigenvalue weighted by molar-refractivity contribution is 0.200. The highest BCUT2D eigenvalue weighted by Crippen LogP contribution is 2.25. The summed E-state index contributed by atoms with van der Waals surface area (Å²) >= 11 is 0. The summed E-state index contributed by atoms with van der Waals surface area (Å²) in [5.41, 5.74) is 0. The van der Waals surface area contributed by atoms with Gasteiger partial charge in [-0.2, -0.15) is 0 Å². The van der Waals surface area contributed by atoms with E-state index in [1.807, 2.05) is 0 Å². The van der Waals surface area contributed by atoms with Gasteiger partial charge in [-0.05, 0) is 6.42 Å². The quantitative estimate of drug-likeness (QED) is 0.463. The molecule has 5 heteroatoms. The molecule has 1 rings (SSSR count). The van der Waals surface area contributed by atoms with Crippen molar-refractivity contribution in [2.45, 2.75) is 71.1 Å². The molecule has 24 heavy (non-hydrogen) atoms. The number of nitrogens with one attached hydrogen (secondary N) is 1. The Morgan fingerprint density at radius 1 is 0.875 bits per heavy atom. The van der Waals surface area contributed by atoms with Gasteiger partial charge >= 0.3 is 6.09 Å². The number of carbonyl (C=O) groups is 1. The summed E-state index contributed by atoms with van der Waals surface area (Å²) in [5, 5.41) is 21.3. The van der Waals surface area contributed by atoms with Gasteiger partial charge in [0.05, 0.1) is 0 Å². The average molecular weight is 337 g/mol. The van der Waals surface area contributed by atoms with Gasteiger partial charge in [0, 0.05) is 24.7 Å². The maximum Gasteiger partial charge on any atom is 0.412 e. The van der Waals surface area contributed by atoms with E-state index in [1.165, 1.54) is 69.6 Å². The SMILES string of the molecule is CCCCCCCCCCCCNC(=O)Oc1cc(O)cc(O)c1. The first-order valence-corrected chi connectivity index (χ1v) is 9.10. The molecule has 0 fully saturated rings. The van der Waals surface area contributed by atoms with Gasteiger partial charge in [0.15, 0.2) is 0 Å². The summed E-state index contributed by atoms with van der Waals surface area (Å²) < 4.78 is 5.00. The van der Waals surface area contributed by atoms with Crippen LogP contribution < -0.4 is 10.1 Å². The number of phenols is 2. The van der Waals surface area contributed by atoms with Crippen molar-refractivity contribution in [1.29, 1.82) is 0 Å². The molecule has 0 radical (unpaired) electrons. The smallest absolute Gasteiger partial charge is 0.412 e. The van der Waals surface area contributed by atoms with Crippen LogP contribution in [0.25, 0.3) is 0 Å². The zero-order valence-electron chi connectivity index (χ0n) is 14.7. The van der Waals surface area contributed by atoms with Crippen LogP contribution in [0.1, 0.15) is 71.1 Å². The molecule has 5 nitrogen and oxygen atoms in total. The van der Waals surface area contributed by atoms with Crippen LogP contribution in [0.2, 0.25) is 0 Å². The third-order valence-electron chi connectivity index (χ3n) is 3.89. The average Bonchev–Trinajstić information content (AvgIpc) is 2.51. The molecule has 0 atom stereocenters. The second kappa shape index (κ2) is 12.5. The molecule has 0 spiro atoms. The van der Waals surface area contributed by atoms with Crippen LogP contribution in [-0.2, 0) is 0 Å². The molecule has 0 saturated heterocycles. The van der Waals surface area contributed by atoms with Gasteiger partial charge in [-0.25, -0.2) is 4.79 Å². The van der Waals surface area contributed by atoms with Gasteiger partial charge in [-0.15, -0.1) is 0 Å². The van der Waals surface area contributed by atoms with Gasteiger partial charge in [-0.1, -0.05) is 64.7 Å². The van der Waals surface area contributed by atoms with E-state index in [1.54, 1.807) is 0 Å². The molecule has 0 bridgehead atoms. The number of hydrogen-bond acceptors (Lipinski definition) is 4. The number of aromatic hydroxyl groups is 2. The Hall–Kier alpha value is -1.91. The maximum absolute atomic E-state index is 11.6.